The van der Waals surface area contributed by atoms with Gasteiger partial charge < -0.3 is 0 Å². The average Bonchev–Trinajstić information content (AvgIpc) is 2.88. The van der Waals surface area contributed by atoms with Gasteiger partial charge in [0.15, 0.2) is 0 Å². The summed E-state index contributed by atoms with van der Waals surface area (Å²) in [6, 6.07) is 19.8. The third kappa shape index (κ3) is 2.50. The molecule has 1 spiro atoms. The summed E-state index contributed by atoms with van der Waals surface area (Å²) in [6.45, 7) is 0. The van der Waals surface area contributed by atoms with Gasteiger partial charge in [0.25, 0.3) is 0 Å². The Morgan fingerprint density at radius 3 is 2.19 bits per heavy atom. The second kappa shape index (κ2) is 6.56. The average molecular weight is 406 g/mol. The van der Waals surface area contributed by atoms with Gasteiger partial charge in [-0.2, -0.15) is 0 Å². The maximum absolute atomic E-state index is 13.2. The van der Waals surface area contributed by atoms with E-state index in [4.69, 9.17) is 0 Å². The second-order valence-corrected chi connectivity index (χ2v) is 8.47. The van der Waals surface area contributed by atoms with E-state index in [1.54, 1.807) is 24.1 Å². The molecular formula is C22H17NO2Se. The molecule has 0 N–H and O–H groups in total. The van der Waals surface area contributed by atoms with Gasteiger partial charge in [0.2, 0.25) is 0 Å². The van der Waals surface area contributed by atoms with Gasteiger partial charge in [0, 0.05) is 0 Å². The van der Waals surface area contributed by atoms with Crippen LogP contribution in [0, 0.1) is 0 Å². The van der Waals surface area contributed by atoms with Crippen molar-refractivity contribution in [1.82, 2.24) is 4.90 Å². The standard InChI is InChI=1S/C22H17NO2Se/c1-23-21(25)20(26-17-12-6-3-7-13-17)19(16-10-4-2-5-11-16)22(23)15-9-8-14-18(22)24/h2-15H,1H3/t22-/m1/s1. The third-order valence-electron chi connectivity index (χ3n) is 4.73. The Bertz CT molecular complexity index is 960. The van der Waals surface area contributed by atoms with Gasteiger partial charge in [-0.15, -0.1) is 0 Å². The number of nitrogens with zero attached hydrogens (tertiary/aromatic N) is 1. The predicted molar refractivity (Wildman–Crippen MR) is 104 cm³/mol. The number of carbonyl (C=O) groups is 2. The molecule has 1 amide bonds. The fourth-order valence-corrected chi connectivity index (χ4v) is 5.82. The fourth-order valence-electron chi connectivity index (χ4n) is 3.45. The van der Waals surface area contributed by atoms with Crippen LogP contribution in [-0.2, 0) is 9.59 Å². The fraction of sp³-hybridized carbons (Fsp3) is 0.0909. The number of benzene rings is 2. The van der Waals surface area contributed by atoms with Crippen LogP contribution in [0.5, 0.6) is 0 Å². The number of amides is 1. The van der Waals surface area contributed by atoms with Crippen LogP contribution in [0.4, 0.5) is 0 Å². The van der Waals surface area contributed by atoms with Gasteiger partial charge in [-0.1, -0.05) is 0 Å². The molecule has 0 saturated heterocycles. The molecule has 1 atom stereocenters. The van der Waals surface area contributed by atoms with E-state index < -0.39 is 5.54 Å². The summed E-state index contributed by atoms with van der Waals surface area (Å²) in [4.78, 5) is 27.8. The van der Waals surface area contributed by atoms with Crippen molar-refractivity contribution in [1.29, 1.82) is 0 Å². The zero-order valence-electron chi connectivity index (χ0n) is 14.3. The Morgan fingerprint density at radius 2 is 1.54 bits per heavy atom. The molecule has 0 fully saturated rings. The topological polar surface area (TPSA) is 37.4 Å². The van der Waals surface area contributed by atoms with Crippen LogP contribution in [0.25, 0.3) is 5.57 Å². The predicted octanol–water partition coefficient (Wildman–Crippen LogP) is 2.33. The summed E-state index contributed by atoms with van der Waals surface area (Å²) in [5.41, 5.74) is 0.699. The normalized spacial score (nSPS) is 22.0. The Kier molecular flexibility index (Phi) is 4.23. The van der Waals surface area contributed by atoms with Crippen LogP contribution in [0.1, 0.15) is 5.56 Å². The minimum atomic E-state index is -1.04. The molecule has 4 heteroatoms. The molecule has 1 aliphatic carbocycles. The number of allylic oxidation sites excluding steroid dienone is 2. The van der Waals surface area contributed by atoms with Crippen molar-refractivity contribution in [3.63, 3.8) is 0 Å². The molecule has 1 heterocycles. The Balaban J connectivity index is 1.95. The quantitative estimate of drug-likeness (QED) is 0.734. The SMILES string of the molecule is CN1C(=O)C([Se]c2ccccc2)=C(c2ccccc2)[C@]12C=CC=CC2=O. The molecular weight excluding hydrogens is 389 g/mol. The van der Waals surface area contributed by atoms with Gasteiger partial charge in [0.05, 0.1) is 0 Å². The van der Waals surface area contributed by atoms with E-state index >= 15 is 0 Å². The maximum atomic E-state index is 13.2. The van der Waals surface area contributed by atoms with E-state index in [-0.39, 0.29) is 26.6 Å². The molecule has 128 valence electrons. The molecule has 0 aromatic heterocycles. The monoisotopic (exact) mass is 407 g/mol. The van der Waals surface area contributed by atoms with Crippen molar-refractivity contribution in [2.45, 2.75) is 5.54 Å². The van der Waals surface area contributed by atoms with Crippen molar-refractivity contribution in [2.75, 3.05) is 7.05 Å². The summed E-state index contributed by atoms with van der Waals surface area (Å²) < 4.78 is 1.86. The van der Waals surface area contributed by atoms with Crippen LogP contribution in [0.15, 0.2) is 89.4 Å². The first kappa shape index (κ1) is 16.8. The molecule has 0 saturated carbocycles. The Hall–Kier alpha value is -2.68. The number of hydrogen-bond donors (Lipinski definition) is 0. The first-order valence-electron chi connectivity index (χ1n) is 8.36. The molecule has 26 heavy (non-hydrogen) atoms. The Morgan fingerprint density at radius 1 is 0.885 bits per heavy atom. The van der Waals surface area contributed by atoms with E-state index in [1.165, 1.54) is 0 Å². The summed E-state index contributed by atoms with van der Waals surface area (Å²) >= 11 is -0.184. The van der Waals surface area contributed by atoms with Crippen LogP contribution < -0.4 is 4.46 Å². The van der Waals surface area contributed by atoms with E-state index in [2.05, 4.69) is 0 Å². The van der Waals surface area contributed by atoms with Crippen molar-refractivity contribution >= 4 is 36.7 Å². The number of carbonyl (C=O) groups excluding carboxylic acids is 2. The number of likely N-dealkylation sites (N-methyl/N-ethyl adjacent to an activating group) is 1. The van der Waals surface area contributed by atoms with Gasteiger partial charge in [-0.25, -0.2) is 0 Å². The van der Waals surface area contributed by atoms with Gasteiger partial charge in [-0.05, 0) is 0 Å². The molecule has 0 radical (unpaired) electrons. The van der Waals surface area contributed by atoms with Gasteiger partial charge >= 0.3 is 159 Å². The first-order valence-corrected chi connectivity index (χ1v) is 10.1. The molecule has 2 aromatic rings. The van der Waals surface area contributed by atoms with Gasteiger partial charge in [-0.3, -0.25) is 0 Å². The molecule has 0 bridgehead atoms. The summed E-state index contributed by atoms with van der Waals surface area (Å²) in [7, 11) is 1.72. The van der Waals surface area contributed by atoms with Crippen molar-refractivity contribution in [3.05, 3.63) is 95.0 Å². The summed E-state index contributed by atoms with van der Waals surface area (Å²) in [5.74, 6) is -0.144. The molecule has 2 aromatic carbocycles. The van der Waals surface area contributed by atoms with E-state index in [1.807, 2.05) is 72.8 Å². The van der Waals surface area contributed by atoms with E-state index in [0.29, 0.717) is 0 Å². The van der Waals surface area contributed by atoms with Crippen molar-refractivity contribution in [2.24, 2.45) is 0 Å². The van der Waals surface area contributed by atoms with Gasteiger partial charge in [0.1, 0.15) is 0 Å². The third-order valence-corrected chi connectivity index (χ3v) is 7.02. The van der Waals surface area contributed by atoms with Crippen molar-refractivity contribution < 1.29 is 9.59 Å². The number of hydrogen-bond acceptors (Lipinski definition) is 2. The number of rotatable bonds is 3. The van der Waals surface area contributed by atoms with E-state index in [9.17, 15) is 9.59 Å². The van der Waals surface area contributed by atoms with E-state index in [0.717, 1.165) is 20.1 Å². The molecule has 1 aliphatic heterocycles. The first-order chi connectivity index (χ1) is 12.6. The van der Waals surface area contributed by atoms with Crippen molar-refractivity contribution in [3.8, 4) is 0 Å². The second-order valence-electron chi connectivity index (χ2n) is 6.20. The Labute approximate surface area is 158 Å². The van der Waals surface area contributed by atoms with Crippen LogP contribution in [0.3, 0.4) is 0 Å². The zero-order chi connectivity index (χ0) is 18.1. The van der Waals surface area contributed by atoms with Crippen LogP contribution >= 0.6 is 0 Å². The number of ketones is 1. The summed E-state index contributed by atoms with van der Waals surface area (Å²) in [6.07, 6.45) is 7.00. The molecule has 0 unspecified atom stereocenters. The van der Waals surface area contributed by atoms with Crippen LogP contribution in [-0.4, -0.2) is 44.1 Å². The minimum absolute atomic E-state index is 0.0685. The van der Waals surface area contributed by atoms with Crippen LogP contribution in [0.2, 0.25) is 0 Å². The zero-order valence-corrected chi connectivity index (χ0v) is 16.0. The summed E-state index contributed by atoms with van der Waals surface area (Å²) in [5, 5.41) is 0. The molecule has 2 aliphatic rings. The molecule has 3 nitrogen and oxygen atoms in total. The molecule has 4 rings (SSSR count).